The van der Waals surface area contributed by atoms with Gasteiger partial charge in [-0.05, 0) is 0 Å². The summed E-state index contributed by atoms with van der Waals surface area (Å²) < 4.78 is 5.10. The Labute approximate surface area is 65.4 Å². The Balaban J connectivity index is 2.69. The Kier molecular flexibility index (Phi) is 8.42. The van der Waals surface area contributed by atoms with E-state index < -0.39 is 0 Å². The first-order chi connectivity index (χ1) is 4.41. The van der Waals surface area contributed by atoms with Crippen LogP contribution in [0, 0.1) is 12.3 Å². The molecule has 0 saturated carbocycles. The molecule has 0 spiro atoms. The maximum Gasteiger partial charge on any atom is 0.0575 e. The molecule has 0 bridgehead atoms. The van der Waals surface area contributed by atoms with E-state index in [1.807, 2.05) is 0 Å². The monoisotopic (exact) mass is 162 g/mol. The fourth-order valence-electron chi connectivity index (χ4n) is 0.329. The molecule has 3 heteroatoms. The zero-order chi connectivity index (χ0) is 6.95. The second-order valence-corrected chi connectivity index (χ2v) is 2.84. The highest BCUT2D eigenvalue weighted by atomic mass is 33.1. The summed E-state index contributed by atoms with van der Waals surface area (Å²) >= 11 is 3.94. The lowest BCUT2D eigenvalue weighted by Crippen LogP contribution is -1.96. The quantitative estimate of drug-likeness (QED) is 0.284. The van der Waals surface area contributed by atoms with Gasteiger partial charge in [-0.15, -0.1) is 24.0 Å². The highest BCUT2D eigenvalue weighted by Crippen LogP contribution is 2.02. The average molecular weight is 162 g/mol. The van der Waals surface area contributed by atoms with Crippen LogP contribution < -0.4 is 0 Å². The molecule has 0 aromatic heterocycles. The molecule has 0 aromatic rings. The maximum atomic E-state index is 5.10. The lowest BCUT2D eigenvalue weighted by molar-refractivity contribution is 0.156. The zero-order valence-corrected chi connectivity index (χ0v) is 6.88. The molecule has 0 amide bonds. The van der Waals surface area contributed by atoms with E-state index in [9.17, 15) is 0 Å². The van der Waals surface area contributed by atoms with Crippen LogP contribution >= 0.6 is 22.5 Å². The summed E-state index contributed by atoms with van der Waals surface area (Å²) in [6, 6.07) is 0. The SMILES string of the molecule is C#CCCOCCSS. The Morgan fingerprint density at radius 3 is 2.89 bits per heavy atom. The molecular weight excluding hydrogens is 152 g/mol. The molecule has 0 saturated heterocycles. The molecular formula is C6H10OS2. The van der Waals surface area contributed by atoms with E-state index >= 15 is 0 Å². The molecule has 0 aliphatic carbocycles. The molecule has 0 aliphatic heterocycles. The molecule has 0 N–H and O–H groups in total. The average Bonchev–Trinajstić information content (AvgIpc) is 1.89. The van der Waals surface area contributed by atoms with Gasteiger partial charge in [0.1, 0.15) is 0 Å². The summed E-state index contributed by atoms with van der Waals surface area (Å²) in [5, 5.41) is 0. The highest BCUT2D eigenvalue weighted by Gasteiger charge is 1.83. The van der Waals surface area contributed by atoms with Gasteiger partial charge in [0.15, 0.2) is 0 Å². The standard InChI is InChI=1S/C6H10OS2/c1-2-3-4-7-5-6-9-8/h1,8H,3-6H2. The van der Waals surface area contributed by atoms with Gasteiger partial charge < -0.3 is 4.74 Å². The maximum absolute atomic E-state index is 5.10. The van der Waals surface area contributed by atoms with Crippen molar-refractivity contribution in [2.45, 2.75) is 6.42 Å². The number of thiol groups is 1. The first-order valence-corrected chi connectivity index (χ1v) is 4.73. The molecule has 0 aliphatic rings. The summed E-state index contributed by atoms with van der Waals surface area (Å²) in [7, 11) is 1.48. The number of hydrogen-bond donors (Lipinski definition) is 1. The number of rotatable bonds is 5. The summed E-state index contributed by atoms with van der Waals surface area (Å²) in [6.45, 7) is 1.42. The fourth-order valence-corrected chi connectivity index (χ4v) is 0.745. The first kappa shape index (κ1) is 9.22. The first-order valence-electron chi connectivity index (χ1n) is 2.69. The molecule has 0 rings (SSSR count). The van der Waals surface area contributed by atoms with Crippen LogP contribution in [0.15, 0.2) is 0 Å². The van der Waals surface area contributed by atoms with Crippen LogP contribution in [-0.4, -0.2) is 19.0 Å². The van der Waals surface area contributed by atoms with Gasteiger partial charge in [0.2, 0.25) is 0 Å². The van der Waals surface area contributed by atoms with Crippen LogP contribution in [0.4, 0.5) is 0 Å². The van der Waals surface area contributed by atoms with E-state index in [1.54, 1.807) is 0 Å². The van der Waals surface area contributed by atoms with E-state index in [0.29, 0.717) is 13.0 Å². The minimum Gasteiger partial charge on any atom is -0.380 e. The van der Waals surface area contributed by atoms with E-state index in [0.717, 1.165) is 12.4 Å². The normalized spacial score (nSPS) is 8.89. The summed E-state index contributed by atoms with van der Waals surface area (Å²) in [5.41, 5.74) is 0. The molecule has 52 valence electrons. The number of terminal acetylenes is 1. The largest absolute Gasteiger partial charge is 0.380 e. The molecule has 9 heavy (non-hydrogen) atoms. The third kappa shape index (κ3) is 8.22. The Bertz CT molecular complexity index is 87.5. The topological polar surface area (TPSA) is 9.23 Å². The van der Waals surface area contributed by atoms with Gasteiger partial charge in [-0.3, -0.25) is 0 Å². The van der Waals surface area contributed by atoms with Gasteiger partial charge >= 0.3 is 0 Å². The fraction of sp³-hybridized carbons (Fsp3) is 0.667. The highest BCUT2D eigenvalue weighted by molar-refractivity contribution is 8.68. The van der Waals surface area contributed by atoms with Gasteiger partial charge in [0.25, 0.3) is 0 Å². The van der Waals surface area contributed by atoms with Crippen LogP contribution in [0.1, 0.15) is 6.42 Å². The predicted octanol–water partition coefficient (Wildman–Crippen LogP) is 1.60. The van der Waals surface area contributed by atoms with E-state index in [4.69, 9.17) is 11.2 Å². The van der Waals surface area contributed by atoms with Crippen molar-refractivity contribution >= 4 is 22.5 Å². The van der Waals surface area contributed by atoms with Crippen LogP contribution in [0.2, 0.25) is 0 Å². The molecule has 0 heterocycles. The molecule has 0 aromatic carbocycles. The Hall–Kier alpha value is 0.220. The van der Waals surface area contributed by atoms with Crippen molar-refractivity contribution in [3.63, 3.8) is 0 Å². The smallest absolute Gasteiger partial charge is 0.0575 e. The van der Waals surface area contributed by atoms with Gasteiger partial charge in [0, 0.05) is 12.2 Å². The summed E-state index contributed by atoms with van der Waals surface area (Å²) in [6.07, 6.45) is 5.70. The second-order valence-electron chi connectivity index (χ2n) is 1.40. The van der Waals surface area contributed by atoms with E-state index in [-0.39, 0.29) is 0 Å². The van der Waals surface area contributed by atoms with Gasteiger partial charge in [-0.25, -0.2) is 0 Å². The molecule has 0 unspecified atom stereocenters. The van der Waals surface area contributed by atoms with Crippen molar-refractivity contribution in [1.82, 2.24) is 0 Å². The van der Waals surface area contributed by atoms with Crippen molar-refractivity contribution in [2.75, 3.05) is 19.0 Å². The van der Waals surface area contributed by atoms with Crippen LogP contribution in [0.3, 0.4) is 0 Å². The minimum absolute atomic E-state index is 0.671. The van der Waals surface area contributed by atoms with Gasteiger partial charge in [-0.2, -0.15) is 0 Å². The van der Waals surface area contributed by atoms with Crippen molar-refractivity contribution in [2.24, 2.45) is 0 Å². The van der Waals surface area contributed by atoms with Crippen molar-refractivity contribution in [3.8, 4) is 12.3 Å². The lowest BCUT2D eigenvalue weighted by atomic mass is 10.5. The Morgan fingerprint density at radius 2 is 2.33 bits per heavy atom. The Morgan fingerprint density at radius 1 is 1.56 bits per heavy atom. The molecule has 0 fully saturated rings. The zero-order valence-electron chi connectivity index (χ0n) is 5.17. The van der Waals surface area contributed by atoms with Gasteiger partial charge in [0.05, 0.1) is 13.2 Å². The van der Waals surface area contributed by atoms with Crippen molar-refractivity contribution < 1.29 is 4.74 Å². The predicted molar refractivity (Wildman–Crippen MR) is 45.7 cm³/mol. The summed E-state index contributed by atoms with van der Waals surface area (Å²) in [5.74, 6) is 3.42. The summed E-state index contributed by atoms with van der Waals surface area (Å²) in [4.78, 5) is 0. The second kappa shape index (κ2) is 8.22. The molecule has 0 radical (unpaired) electrons. The van der Waals surface area contributed by atoms with Crippen LogP contribution in [-0.2, 0) is 4.74 Å². The lowest BCUT2D eigenvalue weighted by Gasteiger charge is -1.96. The number of ether oxygens (including phenoxy) is 1. The van der Waals surface area contributed by atoms with Crippen LogP contribution in [0.5, 0.6) is 0 Å². The van der Waals surface area contributed by atoms with E-state index in [2.05, 4.69) is 17.6 Å². The molecule has 1 nitrogen and oxygen atoms in total. The third-order valence-electron chi connectivity index (χ3n) is 0.710. The van der Waals surface area contributed by atoms with Crippen molar-refractivity contribution in [1.29, 1.82) is 0 Å². The van der Waals surface area contributed by atoms with Crippen LogP contribution in [0.25, 0.3) is 0 Å². The number of hydrogen-bond acceptors (Lipinski definition) is 3. The molecule has 0 atom stereocenters. The van der Waals surface area contributed by atoms with Crippen molar-refractivity contribution in [3.05, 3.63) is 0 Å². The van der Waals surface area contributed by atoms with E-state index in [1.165, 1.54) is 10.8 Å². The van der Waals surface area contributed by atoms with Gasteiger partial charge in [-0.1, -0.05) is 10.8 Å². The minimum atomic E-state index is 0.671. The third-order valence-corrected chi connectivity index (χ3v) is 1.61.